The van der Waals surface area contributed by atoms with Crippen LogP contribution in [0, 0.1) is 0 Å². The van der Waals surface area contributed by atoms with Gasteiger partial charge in [-0.05, 0) is 54.8 Å². The average molecular weight is 537 g/mol. The molecule has 2 N–H and O–H groups in total. The molecule has 0 radical (unpaired) electrons. The zero-order chi connectivity index (χ0) is 27.6. The number of ether oxygens (including phenoxy) is 1. The number of fused-ring (bicyclic) bond motifs is 2. The van der Waals surface area contributed by atoms with E-state index in [9.17, 15) is 19.2 Å². The van der Waals surface area contributed by atoms with Gasteiger partial charge < -0.3 is 10.5 Å². The highest BCUT2D eigenvalue weighted by molar-refractivity contribution is 6.21. The van der Waals surface area contributed by atoms with Gasteiger partial charge in [-0.3, -0.25) is 14.5 Å². The Labute approximate surface area is 234 Å². The molecule has 0 aliphatic carbocycles. The van der Waals surface area contributed by atoms with E-state index in [-0.39, 0.29) is 19.2 Å². The van der Waals surface area contributed by atoms with Crippen molar-refractivity contribution < 1.29 is 23.9 Å². The second-order valence-electron chi connectivity index (χ2n) is 8.79. The van der Waals surface area contributed by atoms with E-state index in [0.717, 1.165) is 18.5 Å². The van der Waals surface area contributed by atoms with E-state index < -0.39 is 11.9 Å². The van der Waals surface area contributed by atoms with Gasteiger partial charge in [0.15, 0.2) is 0 Å². The molecule has 2 aliphatic rings. The molecule has 204 valence electrons. The lowest BCUT2D eigenvalue weighted by Crippen LogP contribution is -2.31. The first kappa shape index (κ1) is 29.7. The molecule has 0 saturated heterocycles. The highest BCUT2D eigenvalue weighted by atomic mass is 16.6. The summed E-state index contributed by atoms with van der Waals surface area (Å²) in [7, 11) is 0. The molecular formula is C33H32N2O5. The second-order valence-corrected chi connectivity index (χ2v) is 8.79. The summed E-state index contributed by atoms with van der Waals surface area (Å²) < 4.78 is 4.35. The van der Waals surface area contributed by atoms with Crippen molar-refractivity contribution in [2.45, 2.75) is 20.3 Å². The zero-order valence-corrected chi connectivity index (χ0v) is 21.3. The van der Waals surface area contributed by atoms with Gasteiger partial charge in [-0.1, -0.05) is 92.4 Å². The van der Waals surface area contributed by atoms with Crippen molar-refractivity contribution in [3.8, 4) is 0 Å². The normalized spacial score (nSPS) is 12.7. The lowest BCUT2D eigenvalue weighted by atomic mass is 10.1. The number of esters is 2. The molecule has 0 saturated carbocycles. The third-order valence-corrected chi connectivity index (χ3v) is 6.17. The summed E-state index contributed by atoms with van der Waals surface area (Å²) in [6.45, 7) is 1.17. The van der Waals surface area contributed by atoms with Crippen LogP contribution >= 0.6 is 0 Å². The van der Waals surface area contributed by atoms with E-state index in [1.807, 2.05) is 48.5 Å². The minimum absolute atomic E-state index is 0. The van der Waals surface area contributed by atoms with Crippen LogP contribution in [0.15, 0.2) is 109 Å². The van der Waals surface area contributed by atoms with E-state index in [2.05, 4.69) is 16.9 Å². The molecule has 0 spiro atoms. The van der Waals surface area contributed by atoms with E-state index in [4.69, 9.17) is 5.73 Å². The van der Waals surface area contributed by atoms with Crippen LogP contribution in [-0.2, 0) is 17.6 Å². The van der Waals surface area contributed by atoms with Gasteiger partial charge >= 0.3 is 11.9 Å². The Balaban J connectivity index is 0.000000179. The summed E-state index contributed by atoms with van der Waals surface area (Å²) in [5.41, 5.74) is 9.55. The van der Waals surface area contributed by atoms with E-state index in [1.165, 1.54) is 10.5 Å². The van der Waals surface area contributed by atoms with Gasteiger partial charge in [0.25, 0.3) is 11.8 Å². The van der Waals surface area contributed by atoms with Crippen LogP contribution in [0.5, 0.6) is 0 Å². The molecule has 4 aromatic carbocycles. The number of rotatable bonds is 5. The molecule has 0 fully saturated rings. The Kier molecular flexibility index (Phi) is 10.6. The van der Waals surface area contributed by atoms with Gasteiger partial charge in [0.2, 0.25) is 0 Å². The lowest BCUT2D eigenvalue weighted by molar-refractivity contribution is 0.0442. The molecule has 6 rings (SSSR count). The number of benzene rings is 4. The highest BCUT2D eigenvalue weighted by Crippen LogP contribution is 2.22. The first-order chi connectivity index (χ1) is 19.0. The van der Waals surface area contributed by atoms with Crippen LogP contribution in [0.2, 0.25) is 0 Å². The third kappa shape index (κ3) is 7.15. The van der Waals surface area contributed by atoms with E-state index in [1.54, 1.807) is 48.5 Å². The van der Waals surface area contributed by atoms with Crippen molar-refractivity contribution in [2.75, 3.05) is 13.1 Å². The second kappa shape index (κ2) is 14.3. The van der Waals surface area contributed by atoms with Crippen LogP contribution in [0.25, 0.3) is 0 Å². The molecule has 40 heavy (non-hydrogen) atoms. The average Bonchev–Trinajstić information content (AvgIpc) is 3.41. The maximum absolute atomic E-state index is 12.1. The monoisotopic (exact) mass is 536 g/mol. The minimum atomic E-state index is -0.550. The summed E-state index contributed by atoms with van der Waals surface area (Å²) in [5.74, 6) is -1.47. The fraction of sp³-hybridized carbons (Fsp3) is 0.152. The third-order valence-electron chi connectivity index (χ3n) is 6.17. The SMILES string of the molecule is C.NCCc1ccccc1.O=C1OC(=O)c2ccccc21.O=C1c2ccccc2C(=O)N1CCc1ccccc1. The number of hydrogen-bond acceptors (Lipinski definition) is 6. The van der Waals surface area contributed by atoms with Gasteiger partial charge in [-0.2, -0.15) is 0 Å². The Bertz CT molecular complexity index is 1400. The number of carbonyl (C=O) groups is 4. The zero-order valence-electron chi connectivity index (χ0n) is 21.3. The minimum Gasteiger partial charge on any atom is -0.386 e. The number of carbonyl (C=O) groups excluding carboxylic acids is 4. The van der Waals surface area contributed by atoms with Crippen LogP contribution in [0.1, 0.15) is 60.0 Å². The molecule has 2 amide bonds. The Morgan fingerprint density at radius 1 is 0.525 bits per heavy atom. The van der Waals surface area contributed by atoms with Gasteiger partial charge in [0.1, 0.15) is 0 Å². The van der Waals surface area contributed by atoms with Crippen molar-refractivity contribution in [3.63, 3.8) is 0 Å². The summed E-state index contributed by atoms with van der Waals surface area (Å²) in [4.78, 5) is 47.3. The fourth-order valence-corrected chi connectivity index (χ4v) is 4.17. The predicted molar refractivity (Wildman–Crippen MR) is 154 cm³/mol. The number of hydrogen-bond donors (Lipinski definition) is 1. The number of amides is 2. The van der Waals surface area contributed by atoms with Gasteiger partial charge in [-0.25, -0.2) is 9.59 Å². The number of cyclic esters (lactones) is 2. The molecular weight excluding hydrogens is 504 g/mol. The molecule has 0 atom stereocenters. The van der Waals surface area contributed by atoms with Gasteiger partial charge in [0.05, 0.1) is 22.3 Å². The van der Waals surface area contributed by atoms with Crippen molar-refractivity contribution in [2.24, 2.45) is 5.73 Å². The molecule has 0 aromatic heterocycles. The molecule has 2 aliphatic heterocycles. The van der Waals surface area contributed by atoms with Gasteiger partial charge in [0, 0.05) is 6.54 Å². The maximum Gasteiger partial charge on any atom is 0.346 e. The summed E-state index contributed by atoms with van der Waals surface area (Å²) in [6.07, 6.45) is 1.67. The van der Waals surface area contributed by atoms with Gasteiger partial charge in [-0.15, -0.1) is 0 Å². The van der Waals surface area contributed by atoms with E-state index in [0.29, 0.717) is 35.2 Å². The molecule has 7 heteroatoms. The Hall–Kier alpha value is -4.88. The highest BCUT2D eigenvalue weighted by Gasteiger charge is 2.34. The maximum atomic E-state index is 12.1. The standard InChI is InChI=1S/C16H13NO2.C8H11N.C8H4O3.CH4/c18-15-13-8-4-5-9-14(13)16(19)17(15)11-10-12-6-2-1-3-7-12;9-7-6-8-4-2-1-3-5-8;9-7-5-3-1-2-4-6(5)8(10)11-7;/h1-9H,10-11H2;1-5H,6-7,9H2;1-4H;1H4. The number of imide groups is 1. The Morgan fingerprint density at radius 2 is 0.900 bits per heavy atom. The number of nitrogens with zero attached hydrogens (tertiary/aromatic N) is 1. The molecule has 0 unspecified atom stereocenters. The van der Waals surface area contributed by atoms with Crippen LogP contribution in [0.3, 0.4) is 0 Å². The first-order valence-electron chi connectivity index (χ1n) is 12.6. The Morgan fingerprint density at radius 3 is 1.32 bits per heavy atom. The van der Waals surface area contributed by atoms with Crippen LogP contribution < -0.4 is 5.73 Å². The van der Waals surface area contributed by atoms with Crippen molar-refractivity contribution >= 4 is 23.8 Å². The topological polar surface area (TPSA) is 107 Å². The smallest absolute Gasteiger partial charge is 0.346 e. The van der Waals surface area contributed by atoms with Crippen LogP contribution in [0.4, 0.5) is 0 Å². The fourth-order valence-electron chi connectivity index (χ4n) is 4.17. The van der Waals surface area contributed by atoms with Crippen molar-refractivity contribution in [1.29, 1.82) is 0 Å². The first-order valence-corrected chi connectivity index (χ1v) is 12.6. The predicted octanol–water partition coefficient (Wildman–Crippen LogP) is 5.35. The summed E-state index contributed by atoms with van der Waals surface area (Å²) in [6, 6.07) is 33.6. The lowest BCUT2D eigenvalue weighted by Gasteiger charge is -2.13. The summed E-state index contributed by atoms with van der Waals surface area (Å²) in [5, 5.41) is 0. The molecule has 4 aromatic rings. The largest absolute Gasteiger partial charge is 0.386 e. The molecule has 0 bridgehead atoms. The van der Waals surface area contributed by atoms with Crippen molar-refractivity contribution in [1.82, 2.24) is 4.90 Å². The van der Waals surface area contributed by atoms with E-state index >= 15 is 0 Å². The molecule has 2 heterocycles. The quantitative estimate of drug-likeness (QED) is 0.209. The number of nitrogens with two attached hydrogens (primary N) is 1. The molecule has 7 nitrogen and oxygen atoms in total. The van der Waals surface area contributed by atoms with Crippen LogP contribution in [-0.4, -0.2) is 41.7 Å². The van der Waals surface area contributed by atoms with Crippen molar-refractivity contribution in [3.05, 3.63) is 143 Å². The summed E-state index contributed by atoms with van der Waals surface area (Å²) >= 11 is 0.